The Labute approximate surface area is 73.6 Å². The van der Waals surface area contributed by atoms with E-state index in [1.165, 1.54) is 0 Å². The number of nitrogens with two attached hydrogens (primary N) is 2. The normalized spacial score (nSPS) is 12.8. The van der Waals surface area contributed by atoms with Crippen LogP contribution < -0.4 is 11.5 Å². The Kier molecular flexibility index (Phi) is 3.11. The van der Waals surface area contributed by atoms with Crippen molar-refractivity contribution in [1.29, 1.82) is 0 Å². The number of para-hydroxylation sites is 1. The summed E-state index contributed by atoms with van der Waals surface area (Å²) in [7, 11) is 0. The van der Waals surface area contributed by atoms with Crippen LogP contribution in [0.15, 0.2) is 24.3 Å². The maximum Gasteiger partial charge on any atom is 0.0362 e. The highest BCUT2D eigenvalue weighted by Crippen LogP contribution is 2.21. The van der Waals surface area contributed by atoms with Gasteiger partial charge in [-0.25, -0.2) is 0 Å². The summed E-state index contributed by atoms with van der Waals surface area (Å²) in [5.41, 5.74) is 13.6. The van der Waals surface area contributed by atoms with E-state index in [-0.39, 0.29) is 6.04 Å². The Morgan fingerprint density at radius 1 is 1.33 bits per heavy atom. The van der Waals surface area contributed by atoms with Crippen LogP contribution in [0.25, 0.3) is 0 Å². The second kappa shape index (κ2) is 4.12. The van der Waals surface area contributed by atoms with Gasteiger partial charge in [-0.1, -0.05) is 31.5 Å². The van der Waals surface area contributed by atoms with Gasteiger partial charge < -0.3 is 11.5 Å². The Morgan fingerprint density at radius 3 is 2.58 bits per heavy atom. The molecule has 0 aliphatic carbocycles. The number of benzene rings is 1. The Bertz CT molecular complexity index is 245. The third-order valence-corrected chi connectivity index (χ3v) is 2.00. The largest absolute Gasteiger partial charge is 0.398 e. The molecule has 0 aliphatic rings. The van der Waals surface area contributed by atoms with Crippen LogP contribution in [-0.4, -0.2) is 0 Å². The lowest BCUT2D eigenvalue weighted by molar-refractivity contribution is 0.640. The molecule has 0 aliphatic heterocycles. The fourth-order valence-electron chi connectivity index (χ4n) is 1.32. The molecule has 0 fully saturated rings. The van der Waals surface area contributed by atoms with Gasteiger partial charge in [-0.15, -0.1) is 0 Å². The van der Waals surface area contributed by atoms with E-state index in [0.717, 1.165) is 24.1 Å². The number of hydrogen-bond acceptors (Lipinski definition) is 2. The first-order valence-electron chi connectivity index (χ1n) is 4.35. The fourth-order valence-corrected chi connectivity index (χ4v) is 1.32. The fraction of sp³-hybridized carbons (Fsp3) is 0.400. The van der Waals surface area contributed by atoms with Crippen LogP contribution in [0.5, 0.6) is 0 Å². The van der Waals surface area contributed by atoms with Gasteiger partial charge >= 0.3 is 0 Å². The molecule has 2 heteroatoms. The molecule has 0 aromatic heterocycles. The molecule has 0 bridgehead atoms. The van der Waals surface area contributed by atoms with E-state index in [1.807, 2.05) is 24.3 Å². The molecule has 1 atom stereocenters. The molecule has 2 nitrogen and oxygen atoms in total. The SMILES string of the molecule is CCC[C@H](N)c1ccccc1N. The summed E-state index contributed by atoms with van der Waals surface area (Å²) < 4.78 is 0. The minimum absolute atomic E-state index is 0.0937. The van der Waals surface area contributed by atoms with Crippen LogP contribution in [0.1, 0.15) is 31.4 Å². The van der Waals surface area contributed by atoms with Gasteiger partial charge in [-0.05, 0) is 18.1 Å². The molecule has 0 radical (unpaired) electrons. The third kappa shape index (κ3) is 1.98. The Morgan fingerprint density at radius 2 is 2.00 bits per heavy atom. The number of hydrogen-bond donors (Lipinski definition) is 2. The maximum absolute atomic E-state index is 5.93. The van der Waals surface area contributed by atoms with Crippen molar-refractivity contribution in [3.63, 3.8) is 0 Å². The van der Waals surface area contributed by atoms with Crippen molar-refractivity contribution in [2.75, 3.05) is 5.73 Å². The van der Waals surface area contributed by atoms with Crippen LogP contribution in [0.4, 0.5) is 5.69 Å². The molecule has 0 heterocycles. The topological polar surface area (TPSA) is 52.0 Å². The molecule has 0 amide bonds. The first-order chi connectivity index (χ1) is 5.75. The van der Waals surface area contributed by atoms with Gasteiger partial charge in [0.15, 0.2) is 0 Å². The summed E-state index contributed by atoms with van der Waals surface area (Å²) in [6.45, 7) is 2.12. The molecule has 0 saturated heterocycles. The predicted molar refractivity (Wildman–Crippen MR) is 52.7 cm³/mol. The summed E-state index contributed by atoms with van der Waals surface area (Å²) in [6, 6.07) is 7.88. The molecule has 0 saturated carbocycles. The highest BCUT2D eigenvalue weighted by molar-refractivity contribution is 5.47. The Balaban J connectivity index is 2.79. The van der Waals surface area contributed by atoms with E-state index in [4.69, 9.17) is 11.5 Å². The quantitative estimate of drug-likeness (QED) is 0.672. The average molecular weight is 164 g/mol. The molecular formula is C10H16N2. The van der Waals surface area contributed by atoms with Crippen molar-refractivity contribution in [3.8, 4) is 0 Å². The highest BCUT2D eigenvalue weighted by Gasteiger charge is 2.06. The second-order valence-corrected chi connectivity index (χ2v) is 3.02. The van der Waals surface area contributed by atoms with Crippen LogP contribution in [0.3, 0.4) is 0 Å². The van der Waals surface area contributed by atoms with E-state index in [0.29, 0.717) is 0 Å². The van der Waals surface area contributed by atoms with E-state index in [1.54, 1.807) is 0 Å². The van der Waals surface area contributed by atoms with Crippen molar-refractivity contribution < 1.29 is 0 Å². The monoisotopic (exact) mass is 164 g/mol. The first-order valence-corrected chi connectivity index (χ1v) is 4.35. The minimum Gasteiger partial charge on any atom is -0.398 e. The van der Waals surface area contributed by atoms with Crippen molar-refractivity contribution >= 4 is 5.69 Å². The van der Waals surface area contributed by atoms with Crippen molar-refractivity contribution in [2.24, 2.45) is 5.73 Å². The zero-order chi connectivity index (χ0) is 8.97. The molecule has 66 valence electrons. The van der Waals surface area contributed by atoms with E-state index >= 15 is 0 Å². The van der Waals surface area contributed by atoms with Gasteiger partial charge in [0.2, 0.25) is 0 Å². The number of anilines is 1. The molecular weight excluding hydrogens is 148 g/mol. The lowest BCUT2D eigenvalue weighted by atomic mass is 10.0. The number of rotatable bonds is 3. The predicted octanol–water partition coefficient (Wildman–Crippen LogP) is 2.07. The van der Waals surface area contributed by atoms with Gasteiger partial charge in [0.05, 0.1) is 0 Å². The number of nitrogen functional groups attached to an aromatic ring is 1. The summed E-state index contributed by atoms with van der Waals surface area (Å²) in [6.07, 6.45) is 2.09. The summed E-state index contributed by atoms with van der Waals surface area (Å²) in [5.74, 6) is 0. The van der Waals surface area contributed by atoms with Gasteiger partial charge in [-0.3, -0.25) is 0 Å². The van der Waals surface area contributed by atoms with E-state index < -0.39 is 0 Å². The van der Waals surface area contributed by atoms with Gasteiger partial charge in [-0.2, -0.15) is 0 Å². The summed E-state index contributed by atoms with van der Waals surface area (Å²) in [4.78, 5) is 0. The molecule has 1 rings (SSSR count). The molecule has 1 aromatic carbocycles. The highest BCUT2D eigenvalue weighted by atomic mass is 14.7. The molecule has 12 heavy (non-hydrogen) atoms. The first kappa shape index (κ1) is 9.07. The van der Waals surface area contributed by atoms with Crippen LogP contribution >= 0.6 is 0 Å². The van der Waals surface area contributed by atoms with Crippen LogP contribution in [0.2, 0.25) is 0 Å². The smallest absolute Gasteiger partial charge is 0.0362 e. The zero-order valence-electron chi connectivity index (χ0n) is 7.46. The lowest BCUT2D eigenvalue weighted by Gasteiger charge is -2.12. The molecule has 0 unspecified atom stereocenters. The third-order valence-electron chi connectivity index (χ3n) is 2.00. The van der Waals surface area contributed by atoms with Gasteiger partial charge in [0, 0.05) is 11.7 Å². The zero-order valence-corrected chi connectivity index (χ0v) is 7.46. The van der Waals surface area contributed by atoms with Crippen molar-refractivity contribution in [1.82, 2.24) is 0 Å². The second-order valence-electron chi connectivity index (χ2n) is 3.02. The van der Waals surface area contributed by atoms with Crippen molar-refractivity contribution in [3.05, 3.63) is 29.8 Å². The minimum atomic E-state index is 0.0937. The van der Waals surface area contributed by atoms with Crippen LogP contribution in [-0.2, 0) is 0 Å². The lowest BCUT2D eigenvalue weighted by Crippen LogP contribution is -2.11. The van der Waals surface area contributed by atoms with E-state index in [2.05, 4.69) is 6.92 Å². The Hall–Kier alpha value is -1.02. The van der Waals surface area contributed by atoms with Gasteiger partial charge in [0.1, 0.15) is 0 Å². The van der Waals surface area contributed by atoms with Crippen molar-refractivity contribution in [2.45, 2.75) is 25.8 Å². The molecule has 4 N–H and O–H groups in total. The molecule has 1 aromatic rings. The van der Waals surface area contributed by atoms with Gasteiger partial charge in [0.25, 0.3) is 0 Å². The van der Waals surface area contributed by atoms with Crippen LogP contribution in [0, 0.1) is 0 Å². The molecule has 0 spiro atoms. The van der Waals surface area contributed by atoms with E-state index in [9.17, 15) is 0 Å². The standard InChI is InChI=1S/C10H16N2/c1-2-5-9(11)8-6-3-4-7-10(8)12/h3-4,6-7,9H,2,5,11-12H2,1H3/t9-/m0/s1. The maximum atomic E-state index is 5.93. The summed E-state index contributed by atoms with van der Waals surface area (Å²) >= 11 is 0. The average Bonchev–Trinajstić information content (AvgIpc) is 2.05. The summed E-state index contributed by atoms with van der Waals surface area (Å²) in [5, 5.41) is 0.